The number of ether oxygens (including phenoxy) is 1. The second-order valence-electron chi connectivity index (χ2n) is 8.33. The van der Waals surface area contributed by atoms with E-state index in [1.807, 2.05) is 6.08 Å². The van der Waals surface area contributed by atoms with Gasteiger partial charge in [0, 0.05) is 18.8 Å². The molecule has 0 bridgehead atoms. The smallest absolute Gasteiger partial charge is 0.306 e. The normalized spacial score (nSPS) is 47.7. The highest BCUT2D eigenvalue weighted by Gasteiger charge is 2.57. The molecule has 3 nitrogen and oxygen atoms in total. The Morgan fingerprint density at radius 2 is 1.82 bits per heavy atom. The van der Waals surface area contributed by atoms with Gasteiger partial charge in [-0.25, -0.2) is 0 Å². The first kappa shape index (κ1) is 14.5. The van der Waals surface area contributed by atoms with Gasteiger partial charge in [-0.15, -0.1) is 0 Å². The van der Waals surface area contributed by atoms with Gasteiger partial charge in [0.1, 0.15) is 5.60 Å². The molecule has 3 heteroatoms. The van der Waals surface area contributed by atoms with Crippen molar-refractivity contribution in [2.75, 3.05) is 0 Å². The summed E-state index contributed by atoms with van der Waals surface area (Å²) in [6.07, 6.45) is 9.60. The highest BCUT2D eigenvalue weighted by atomic mass is 16.6. The maximum atomic E-state index is 11.8. The summed E-state index contributed by atoms with van der Waals surface area (Å²) in [5, 5.41) is 0. The van der Waals surface area contributed by atoms with E-state index in [2.05, 4.69) is 13.8 Å². The maximum Gasteiger partial charge on any atom is 0.306 e. The van der Waals surface area contributed by atoms with Gasteiger partial charge < -0.3 is 4.74 Å². The van der Waals surface area contributed by atoms with Crippen LogP contribution in [0.2, 0.25) is 0 Å². The van der Waals surface area contributed by atoms with Crippen LogP contribution in [0.3, 0.4) is 0 Å². The number of allylic oxidation sites excluding steroid dienone is 2. The van der Waals surface area contributed by atoms with Gasteiger partial charge in [0.15, 0.2) is 5.78 Å². The fraction of sp³-hybridized carbons (Fsp3) is 0.789. The van der Waals surface area contributed by atoms with Gasteiger partial charge >= 0.3 is 5.97 Å². The summed E-state index contributed by atoms with van der Waals surface area (Å²) in [7, 11) is 0. The van der Waals surface area contributed by atoms with Crippen LogP contribution < -0.4 is 0 Å². The van der Waals surface area contributed by atoms with E-state index >= 15 is 0 Å². The average molecular weight is 302 g/mol. The Hall–Kier alpha value is -1.12. The molecule has 0 aromatic heterocycles. The minimum absolute atomic E-state index is 0.0110. The molecule has 0 unspecified atom stereocenters. The Kier molecular flexibility index (Phi) is 3.08. The largest absolute Gasteiger partial charge is 0.459 e. The molecule has 1 heterocycles. The predicted octanol–water partition coefficient (Wildman–Crippen LogP) is 3.81. The molecule has 0 amide bonds. The lowest BCUT2D eigenvalue weighted by atomic mass is 9.48. The van der Waals surface area contributed by atoms with E-state index in [4.69, 9.17) is 4.74 Å². The van der Waals surface area contributed by atoms with Gasteiger partial charge in [0.25, 0.3) is 0 Å². The molecule has 4 aliphatic rings. The first-order chi connectivity index (χ1) is 10.4. The number of hydrogen-bond donors (Lipinski definition) is 0. The van der Waals surface area contributed by atoms with E-state index in [0.717, 1.165) is 38.5 Å². The lowest BCUT2D eigenvalue weighted by Gasteiger charge is -2.59. The van der Waals surface area contributed by atoms with E-state index in [0.29, 0.717) is 36.4 Å². The number of carbonyl (C=O) groups is 2. The van der Waals surface area contributed by atoms with Gasteiger partial charge in [-0.1, -0.05) is 12.5 Å². The number of hydrogen-bond acceptors (Lipinski definition) is 3. The molecular formula is C19H26O3. The van der Waals surface area contributed by atoms with Gasteiger partial charge in [-0.05, 0) is 68.8 Å². The van der Waals surface area contributed by atoms with Gasteiger partial charge in [0.05, 0.1) is 0 Å². The summed E-state index contributed by atoms with van der Waals surface area (Å²) in [6, 6.07) is 0. The van der Waals surface area contributed by atoms with Crippen LogP contribution in [0.15, 0.2) is 11.6 Å². The van der Waals surface area contributed by atoms with Crippen LogP contribution in [0, 0.1) is 23.2 Å². The molecule has 0 aromatic carbocycles. The van der Waals surface area contributed by atoms with Crippen molar-refractivity contribution in [3.63, 3.8) is 0 Å². The average Bonchev–Trinajstić information content (AvgIpc) is 2.46. The summed E-state index contributed by atoms with van der Waals surface area (Å²) < 4.78 is 5.81. The van der Waals surface area contributed by atoms with E-state index in [1.165, 1.54) is 5.57 Å². The summed E-state index contributed by atoms with van der Waals surface area (Å²) in [5.41, 5.74) is 1.37. The first-order valence-corrected chi connectivity index (χ1v) is 8.88. The third-order valence-corrected chi connectivity index (χ3v) is 7.30. The molecule has 5 atom stereocenters. The van der Waals surface area contributed by atoms with Gasteiger partial charge in [-0.2, -0.15) is 0 Å². The van der Waals surface area contributed by atoms with E-state index < -0.39 is 0 Å². The van der Waals surface area contributed by atoms with Crippen molar-refractivity contribution < 1.29 is 14.3 Å². The zero-order valence-corrected chi connectivity index (χ0v) is 13.7. The van der Waals surface area contributed by atoms with Crippen molar-refractivity contribution in [2.24, 2.45) is 23.2 Å². The summed E-state index contributed by atoms with van der Waals surface area (Å²) in [5.74, 6) is 2.14. The molecule has 2 saturated carbocycles. The van der Waals surface area contributed by atoms with E-state index in [-0.39, 0.29) is 17.0 Å². The second-order valence-corrected chi connectivity index (χ2v) is 8.33. The third kappa shape index (κ3) is 1.93. The molecule has 22 heavy (non-hydrogen) atoms. The standard InChI is InChI=1S/C19H26O3/c1-18-9-7-13(20)11-12(18)3-4-14-15(18)8-10-19(2)16(14)5-6-17(21)22-19/h11,14-16H,3-10H2,1-2H3/t14-,15+,16+,18+,19-/m0/s1. The fourth-order valence-electron chi connectivity index (χ4n) is 6.08. The molecule has 4 rings (SSSR count). The van der Waals surface area contributed by atoms with Crippen molar-refractivity contribution >= 4 is 11.8 Å². The lowest BCUT2D eigenvalue weighted by molar-refractivity contribution is -0.194. The SMILES string of the molecule is C[C@]12CC[C@@H]3[C@H](CCC4=CC(=O)CC[C@]43C)[C@H]1CCC(=O)O2. The molecule has 0 spiro atoms. The molecular weight excluding hydrogens is 276 g/mol. The Bertz CT molecular complexity index is 563. The van der Waals surface area contributed by atoms with Crippen molar-refractivity contribution in [3.05, 3.63) is 11.6 Å². The number of esters is 1. The highest BCUT2D eigenvalue weighted by molar-refractivity contribution is 5.91. The Balaban J connectivity index is 1.67. The van der Waals surface area contributed by atoms with Crippen LogP contribution in [0.1, 0.15) is 65.2 Å². The van der Waals surface area contributed by atoms with Crippen LogP contribution in [0.25, 0.3) is 0 Å². The van der Waals surface area contributed by atoms with Crippen molar-refractivity contribution in [1.82, 2.24) is 0 Å². The minimum atomic E-state index is -0.238. The zero-order chi connectivity index (χ0) is 15.5. The van der Waals surface area contributed by atoms with Gasteiger partial charge in [-0.3, -0.25) is 9.59 Å². The number of carbonyl (C=O) groups excluding carboxylic acids is 2. The van der Waals surface area contributed by atoms with Crippen molar-refractivity contribution in [1.29, 1.82) is 0 Å². The van der Waals surface area contributed by atoms with E-state index in [9.17, 15) is 9.59 Å². The van der Waals surface area contributed by atoms with E-state index in [1.54, 1.807) is 0 Å². The molecule has 120 valence electrons. The summed E-state index contributed by atoms with van der Waals surface area (Å²) in [6.45, 7) is 4.54. The van der Waals surface area contributed by atoms with Crippen molar-refractivity contribution in [3.8, 4) is 0 Å². The molecule has 1 aliphatic heterocycles. The Labute approximate surface area is 132 Å². The van der Waals surface area contributed by atoms with Crippen LogP contribution in [0.4, 0.5) is 0 Å². The van der Waals surface area contributed by atoms with Gasteiger partial charge in [0.2, 0.25) is 0 Å². The first-order valence-electron chi connectivity index (χ1n) is 8.88. The molecule has 1 saturated heterocycles. The molecule has 0 radical (unpaired) electrons. The minimum Gasteiger partial charge on any atom is -0.459 e. The highest BCUT2D eigenvalue weighted by Crippen LogP contribution is 2.61. The van der Waals surface area contributed by atoms with Crippen LogP contribution in [-0.2, 0) is 14.3 Å². The second kappa shape index (κ2) is 4.69. The monoisotopic (exact) mass is 302 g/mol. The maximum absolute atomic E-state index is 11.8. The van der Waals surface area contributed by atoms with Crippen LogP contribution >= 0.6 is 0 Å². The number of ketones is 1. The predicted molar refractivity (Wildman–Crippen MR) is 83.1 cm³/mol. The fourth-order valence-corrected chi connectivity index (χ4v) is 6.08. The Morgan fingerprint density at radius 3 is 2.64 bits per heavy atom. The topological polar surface area (TPSA) is 43.4 Å². The molecule has 0 N–H and O–H groups in total. The number of fused-ring (bicyclic) bond motifs is 5. The Morgan fingerprint density at radius 1 is 1.00 bits per heavy atom. The molecule has 3 aliphatic carbocycles. The lowest BCUT2D eigenvalue weighted by Crippen LogP contribution is -2.56. The molecule has 3 fully saturated rings. The number of rotatable bonds is 0. The van der Waals surface area contributed by atoms with Crippen LogP contribution in [-0.4, -0.2) is 17.4 Å². The quantitative estimate of drug-likeness (QED) is 0.639. The summed E-state index contributed by atoms with van der Waals surface area (Å²) >= 11 is 0. The van der Waals surface area contributed by atoms with Crippen molar-refractivity contribution in [2.45, 2.75) is 70.8 Å². The third-order valence-electron chi connectivity index (χ3n) is 7.30. The molecule has 0 aromatic rings. The van der Waals surface area contributed by atoms with Crippen LogP contribution in [0.5, 0.6) is 0 Å². The summed E-state index contributed by atoms with van der Waals surface area (Å²) in [4.78, 5) is 23.5. The zero-order valence-electron chi connectivity index (χ0n) is 13.7.